The van der Waals surface area contributed by atoms with Crippen LogP contribution >= 0.6 is 11.3 Å². The Morgan fingerprint density at radius 2 is 2.30 bits per heavy atom. The Labute approximate surface area is 125 Å². The molecule has 0 bridgehead atoms. The number of fused-ring (bicyclic) bond motifs is 1. The highest BCUT2D eigenvalue weighted by molar-refractivity contribution is 7.17. The number of thiophene rings is 1. The van der Waals surface area contributed by atoms with Gasteiger partial charge >= 0.3 is 0 Å². The van der Waals surface area contributed by atoms with E-state index in [9.17, 15) is 0 Å². The highest BCUT2D eigenvalue weighted by Crippen LogP contribution is 2.27. The van der Waals surface area contributed by atoms with Crippen LogP contribution in [0.15, 0.2) is 29.6 Å². The van der Waals surface area contributed by atoms with E-state index >= 15 is 0 Å². The minimum Gasteiger partial charge on any atom is -0.370 e. The molecule has 3 heteroatoms. The zero-order chi connectivity index (χ0) is 13.9. The second kappa shape index (κ2) is 6.15. The van der Waals surface area contributed by atoms with Gasteiger partial charge in [0.25, 0.3) is 0 Å². The molecule has 20 heavy (non-hydrogen) atoms. The van der Waals surface area contributed by atoms with Gasteiger partial charge in [0.2, 0.25) is 0 Å². The number of hydrogen-bond donors (Lipinski definition) is 1. The van der Waals surface area contributed by atoms with Crippen molar-refractivity contribution in [2.75, 3.05) is 24.5 Å². The summed E-state index contributed by atoms with van der Waals surface area (Å²) in [5, 5.41) is 7.28. The number of nitrogens with zero attached hydrogens (tertiary/aromatic N) is 1. The second-order valence-corrected chi connectivity index (χ2v) is 6.84. The van der Waals surface area contributed by atoms with Crippen LogP contribution in [0.4, 0.5) is 5.69 Å². The Kier molecular flexibility index (Phi) is 4.27. The van der Waals surface area contributed by atoms with Crippen LogP contribution in [0.2, 0.25) is 0 Å². The Balaban J connectivity index is 1.83. The van der Waals surface area contributed by atoms with Crippen molar-refractivity contribution in [3.05, 3.63) is 29.6 Å². The van der Waals surface area contributed by atoms with Gasteiger partial charge < -0.3 is 10.2 Å². The van der Waals surface area contributed by atoms with E-state index < -0.39 is 0 Å². The Bertz CT molecular complexity index is 563. The van der Waals surface area contributed by atoms with Gasteiger partial charge in [-0.1, -0.05) is 20.3 Å². The van der Waals surface area contributed by atoms with Crippen molar-refractivity contribution >= 4 is 27.1 Å². The van der Waals surface area contributed by atoms with Crippen molar-refractivity contribution in [2.24, 2.45) is 5.92 Å². The molecule has 0 aliphatic carbocycles. The van der Waals surface area contributed by atoms with E-state index in [-0.39, 0.29) is 0 Å². The molecule has 0 spiro atoms. The second-order valence-electron chi connectivity index (χ2n) is 5.89. The zero-order valence-corrected chi connectivity index (χ0v) is 13.2. The predicted molar refractivity (Wildman–Crippen MR) is 89.9 cm³/mol. The topological polar surface area (TPSA) is 15.3 Å². The molecule has 1 saturated heterocycles. The van der Waals surface area contributed by atoms with E-state index in [1.807, 2.05) is 11.3 Å². The monoisotopic (exact) mass is 288 g/mol. The summed E-state index contributed by atoms with van der Waals surface area (Å²) in [4.78, 5) is 2.56. The van der Waals surface area contributed by atoms with Crippen LogP contribution in [0, 0.1) is 5.92 Å². The number of rotatable bonds is 3. The summed E-state index contributed by atoms with van der Waals surface area (Å²) in [5.41, 5.74) is 1.38. The fourth-order valence-electron chi connectivity index (χ4n) is 3.00. The van der Waals surface area contributed by atoms with E-state index in [0.717, 1.165) is 25.6 Å². The molecule has 0 radical (unpaired) electrons. The molecular weight excluding hydrogens is 264 g/mol. The number of hydrogen-bond acceptors (Lipinski definition) is 3. The van der Waals surface area contributed by atoms with Gasteiger partial charge in [0.05, 0.1) is 0 Å². The first-order valence-corrected chi connectivity index (χ1v) is 8.61. The van der Waals surface area contributed by atoms with Gasteiger partial charge in [-0.05, 0) is 53.9 Å². The van der Waals surface area contributed by atoms with Crippen molar-refractivity contribution in [1.29, 1.82) is 0 Å². The number of benzene rings is 1. The smallest absolute Gasteiger partial charge is 0.0373 e. The molecule has 3 rings (SSSR count). The highest BCUT2D eigenvalue weighted by Gasteiger charge is 2.22. The molecule has 2 atom stereocenters. The standard InChI is InChI=1S/C17H24N2S/c1-3-13(2)16-12-19(9-4-8-18-16)15-5-6-17-14(11-15)7-10-20-17/h5-7,10-11,13,16,18H,3-4,8-9,12H2,1-2H3. The van der Waals surface area contributed by atoms with E-state index in [1.165, 1.54) is 28.6 Å². The molecule has 2 unspecified atom stereocenters. The largest absolute Gasteiger partial charge is 0.370 e. The Hall–Kier alpha value is -1.06. The molecule has 1 aromatic heterocycles. The maximum Gasteiger partial charge on any atom is 0.0373 e. The first kappa shape index (κ1) is 13.9. The minimum absolute atomic E-state index is 0.612. The lowest BCUT2D eigenvalue weighted by atomic mass is 9.99. The predicted octanol–water partition coefficient (Wildman–Crippen LogP) is 4.12. The van der Waals surface area contributed by atoms with Crippen molar-refractivity contribution < 1.29 is 0 Å². The first-order chi connectivity index (χ1) is 9.78. The maximum absolute atomic E-state index is 3.72. The maximum atomic E-state index is 3.72. The van der Waals surface area contributed by atoms with Crippen molar-refractivity contribution in [2.45, 2.75) is 32.7 Å². The minimum atomic E-state index is 0.612. The van der Waals surface area contributed by atoms with Gasteiger partial charge in [-0.3, -0.25) is 0 Å². The summed E-state index contributed by atoms with van der Waals surface area (Å²) in [6, 6.07) is 9.75. The summed E-state index contributed by atoms with van der Waals surface area (Å²) in [7, 11) is 0. The molecule has 2 nitrogen and oxygen atoms in total. The van der Waals surface area contributed by atoms with Crippen LogP contribution in [-0.2, 0) is 0 Å². The van der Waals surface area contributed by atoms with Crippen LogP contribution in [0.3, 0.4) is 0 Å². The van der Waals surface area contributed by atoms with E-state index in [4.69, 9.17) is 0 Å². The SMILES string of the molecule is CCC(C)C1CN(c2ccc3sccc3c2)CCCN1. The van der Waals surface area contributed by atoms with Crippen molar-refractivity contribution in [3.8, 4) is 0 Å². The van der Waals surface area contributed by atoms with Gasteiger partial charge in [-0.15, -0.1) is 11.3 Å². The molecule has 1 fully saturated rings. The lowest BCUT2D eigenvalue weighted by Crippen LogP contribution is -2.42. The molecule has 1 aliphatic rings. The van der Waals surface area contributed by atoms with Crippen LogP contribution in [0.1, 0.15) is 26.7 Å². The molecule has 1 N–H and O–H groups in total. The van der Waals surface area contributed by atoms with Crippen molar-refractivity contribution in [3.63, 3.8) is 0 Å². The third-order valence-corrected chi connectivity index (χ3v) is 5.46. The average Bonchev–Trinajstić information content (AvgIpc) is 2.81. The fourth-order valence-corrected chi connectivity index (χ4v) is 3.77. The molecule has 2 heterocycles. The lowest BCUT2D eigenvalue weighted by molar-refractivity contribution is 0.384. The van der Waals surface area contributed by atoms with Crippen LogP contribution in [-0.4, -0.2) is 25.7 Å². The van der Waals surface area contributed by atoms with Crippen LogP contribution < -0.4 is 10.2 Å². The van der Waals surface area contributed by atoms with Gasteiger partial charge in [-0.25, -0.2) is 0 Å². The molecule has 1 aromatic carbocycles. The molecular formula is C17H24N2S. The van der Waals surface area contributed by atoms with Crippen LogP contribution in [0.25, 0.3) is 10.1 Å². The summed E-state index contributed by atoms with van der Waals surface area (Å²) < 4.78 is 1.39. The highest BCUT2D eigenvalue weighted by atomic mass is 32.1. The van der Waals surface area contributed by atoms with Crippen LogP contribution in [0.5, 0.6) is 0 Å². The summed E-state index contributed by atoms with van der Waals surface area (Å²) in [6.45, 7) is 8.09. The molecule has 2 aromatic rings. The normalized spacial score (nSPS) is 21.9. The summed E-state index contributed by atoms with van der Waals surface area (Å²) in [6.07, 6.45) is 2.48. The van der Waals surface area contributed by atoms with E-state index in [0.29, 0.717) is 6.04 Å². The van der Waals surface area contributed by atoms with E-state index in [2.05, 4.69) is 53.7 Å². The zero-order valence-electron chi connectivity index (χ0n) is 12.4. The van der Waals surface area contributed by atoms with Gasteiger partial charge in [0.15, 0.2) is 0 Å². The number of nitrogens with one attached hydrogen (secondary N) is 1. The quantitative estimate of drug-likeness (QED) is 0.914. The Morgan fingerprint density at radius 1 is 1.40 bits per heavy atom. The number of anilines is 1. The molecule has 1 aliphatic heterocycles. The Morgan fingerprint density at radius 3 is 3.15 bits per heavy atom. The van der Waals surface area contributed by atoms with Gasteiger partial charge in [0, 0.05) is 29.5 Å². The van der Waals surface area contributed by atoms with Crippen molar-refractivity contribution in [1.82, 2.24) is 5.32 Å². The average molecular weight is 288 g/mol. The summed E-state index contributed by atoms with van der Waals surface area (Å²) in [5.74, 6) is 0.737. The summed E-state index contributed by atoms with van der Waals surface area (Å²) >= 11 is 1.82. The molecule has 0 saturated carbocycles. The first-order valence-electron chi connectivity index (χ1n) is 7.73. The van der Waals surface area contributed by atoms with Gasteiger partial charge in [-0.2, -0.15) is 0 Å². The molecule has 0 amide bonds. The van der Waals surface area contributed by atoms with E-state index in [1.54, 1.807) is 0 Å². The van der Waals surface area contributed by atoms with Gasteiger partial charge in [0.1, 0.15) is 0 Å². The molecule has 108 valence electrons. The fraction of sp³-hybridized carbons (Fsp3) is 0.529. The third-order valence-electron chi connectivity index (χ3n) is 4.56. The third kappa shape index (κ3) is 2.84. The lowest BCUT2D eigenvalue weighted by Gasteiger charge is -2.29.